The minimum absolute atomic E-state index is 0.926. The first-order chi connectivity index (χ1) is 6.95. The van der Waals surface area contributed by atoms with Gasteiger partial charge in [0, 0.05) is 28.7 Å². The van der Waals surface area contributed by atoms with Crippen LogP contribution in [0.4, 0.5) is 0 Å². The van der Waals surface area contributed by atoms with Crippen LogP contribution in [-0.2, 0) is 0 Å². The van der Waals surface area contributed by atoms with Crippen molar-refractivity contribution in [3.63, 3.8) is 0 Å². The number of aromatic nitrogens is 1. The number of nitrogens with zero attached hydrogens (tertiary/aromatic N) is 1. The lowest BCUT2D eigenvalue weighted by atomic mass is 10.4. The zero-order chi connectivity index (χ0) is 9.64. The molecule has 1 aromatic heterocycles. The molecule has 1 aliphatic heterocycles. The minimum Gasteiger partial charge on any atom is -0.387 e. The van der Waals surface area contributed by atoms with Gasteiger partial charge in [-0.15, -0.1) is 0 Å². The van der Waals surface area contributed by atoms with Gasteiger partial charge in [0.2, 0.25) is 0 Å². The monoisotopic (exact) mass is 222 g/mol. The van der Waals surface area contributed by atoms with Gasteiger partial charge in [-0.1, -0.05) is 27.7 Å². The molecule has 0 saturated heterocycles. The second kappa shape index (κ2) is 5.12. The van der Waals surface area contributed by atoms with Crippen LogP contribution in [0.1, 0.15) is 0 Å². The molecule has 0 bridgehead atoms. The van der Waals surface area contributed by atoms with E-state index in [0.29, 0.717) is 0 Å². The van der Waals surface area contributed by atoms with Crippen LogP contribution < -0.4 is 5.32 Å². The number of nitrogens with one attached hydrogen (secondary N) is 1. The van der Waals surface area contributed by atoms with Gasteiger partial charge in [-0.2, -0.15) is 0 Å². The molecule has 0 amide bonds. The summed E-state index contributed by atoms with van der Waals surface area (Å²) >= 11 is 0. The molecule has 0 radical (unpaired) electrons. The summed E-state index contributed by atoms with van der Waals surface area (Å²) in [5, 5.41) is 3.12. The summed E-state index contributed by atoms with van der Waals surface area (Å²) < 4.78 is 0. The number of dihydropyridines is 1. The van der Waals surface area contributed by atoms with Crippen molar-refractivity contribution in [2.45, 2.75) is 4.90 Å². The van der Waals surface area contributed by atoms with Crippen molar-refractivity contribution in [1.82, 2.24) is 10.3 Å². The number of allylic oxidation sites excluding steroid dienone is 1. The second-order valence-electron chi connectivity index (χ2n) is 2.70. The molecule has 0 spiro atoms. The fourth-order valence-electron chi connectivity index (χ4n) is 0.988. The Morgan fingerprint density at radius 3 is 2.79 bits per heavy atom. The Morgan fingerprint density at radius 2 is 2.07 bits per heavy atom. The Labute approximate surface area is 91.3 Å². The smallest absolute Gasteiger partial charge is 0.0339 e. The molecule has 1 aromatic rings. The van der Waals surface area contributed by atoms with Crippen molar-refractivity contribution in [3.8, 4) is 0 Å². The van der Waals surface area contributed by atoms with Crippen LogP contribution in [0.15, 0.2) is 52.7 Å². The third-order valence-corrected chi connectivity index (χ3v) is 4.12. The Morgan fingerprint density at radius 1 is 1.21 bits per heavy atom. The van der Waals surface area contributed by atoms with Crippen molar-refractivity contribution in [2.24, 2.45) is 0 Å². The van der Waals surface area contributed by atoms with Gasteiger partial charge in [-0.05, 0) is 24.4 Å². The highest BCUT2D eigenvalue weighted by atomic mass is 33.1. The maximum Gasteiger partial charge on any atom is 0.0339 e. The van der Waals surface area contributed by atoms with Gasteiger partial charge in [-0.25, -0.2) is 0 Å². The standard InChI is InChI=1S/C10H10N2S2/c1-5-11-6-2-9(1)13-14-10-3-7-12-8-4-10/h1-7,12H,8H2. The first-order valence-electron chi connectivity index (χ1n) is 4.30. The summed E-state index contributed by atoms with van der Waals surface area (Å²) in [6.45, 7) is 0.926. The summed E-state index contributed by atoms with van der Waals surface area (Å²) in [5.74, 6) is 0. The highest BCUT2D eigenvalue weighted by Crippen LogP contribution is 2.37. The lowest BCUT2D eigenvalue weighted by Gasteiger charge is -2.06. The van der Waals surface area contributed by atoms with Gasteiger partial charge >= 0.3 is 0 Å². The zero-order valence-electron chi connectivity index (χ0n) is 7.51. The Bertz CT molecular complexity index is 346. The predicted octanol–water partition coefficient (Wildman–Crippen LogP) is 2.82. The summed E-state index contributed by atoms with van der Waals surface area (Å²) in [7, 11) is 3.53. The number of hydrogen-bond acceptors (Lipinski definition) is 4. The maximum atomic E-state index is 3.98. The number of pyridine rings is 1. The quantitative estimate of drug-likeness (QED) is 0.795. The Kier molecular flexibility index (Phi) is 3.54. The first-order valence-corrected chi connectivity index (χ1v) is 6.45. The summed E-state index contributed by atoms with van der Waals surface area (Å²) in [5.41, 5.74) is 0. The average molecular weight is 222 g/mol. The zero-order valence-corrected chi connectivity index (χ0v) is 9.15. The molecule has 4 heteroatoms. The van der Waals surface area contributed by atoms with Gasteiger partial charge in [-0.3, -0.25) is 4.98 Å². The van der Waals surface area contributed by atoms with E-state index < -0.39 is 0 Å². The first kappa shape index (κ1) is 9.68. The lowest BCUT2D eigenvalue weighted by molar-refractivity contribution is 0.970. The summed E-state index contributed by atoms with van der Waals surface area (Å²) in [6.07, 6.45) is 9.88. The van der Waals surface area contributed by atoms with Crippen LogP contribution in [0.3, 0.4) is 0 Å². The third kappa shape index (κ3) is 2.82. The van der Waals surface area contributed by atoms with E-state index in [2.05, 4.69) is 22.5 Å². The molecule has 0 aliphatic carbocycles. The highest BCUT2D eigenvalue weighted by molar-refractivity contribution is 8.78. The summed E-state index contributed by atoms with van der Waals surface area (Å²) in [6, 6.07) is 4.03. The molecule has 0 unspecified atom stereocenters. The molecule has 0 saturated carbocycles. The van der Waals surface area contributed by atoms with Crippen LogP contribution in [0.25, 0.3) is 0 Å². The average Bonchev–Trinajstić information content (AvgIpc) is 2.29. The van der Waals surface area contributed by atoms with Crippen molar-refractivity contribution >= 4 is 21.6 Å². The maximum absolute atomic E-state index is 3.98. The van der Waals surface area contributed by atoms with Crippen molar-refractivity contribution in [2.75, 3.05) is 6.54 Å². The summed E-state index contributed by atoms with van der Waals surface area (Å²) in [4.78, 5) is 6.51. The predicted molar refractivity (Wildman–Crippen MR) is 62.9 cm³/mol. The highest BCUT2D eigenvalue weighted by Gasteiger charge is 1.99. The Hall–Kier alpha value is -0.870. The normalized spacial score (nSPS) is 14.7. The van der Waals surface area contributed by atoms with Crippen LogP contribution in [0.5, 0.6) is 0 Å². The fourth-order valence-corrected chi connectivity index (χ4v) is 2.97. The molecule has 0 atom stereocenters. The van der Waals surface area contributed by atoms with E-state index in [4.69, 9.17) is 0 Å². The largest absolute Gasteiger partial charge is 0.387 e. The third-order valence-electron chi connectivity index (χ3n) is 1.67. The minimum atomic E-state index is 0.926. The van der Waals surface area contributed by atoms with E-state index in [9.17, 15) is 0 Å². The number of rotatable bonds is 3. The molecule has 2 rings (SSSR count). The second-order valence-corrected chi connectivity index (χ2v) is 4.97. The van der Waals surface area contributed by atoms with E-state index in [1.54, 1.807) is 21.6 Å². The van der Waals surface area contributed by atoms with Gasteiger partial charge in [0.25, 0.3) is 0 Å². The topological polar surface area (TPSA) is 24.9 Å². The Balaban J connectivity index is 1.88. The van der Waals surface area contributed by atoms with Gasteiger partial charge in [0.05, 0.1) is 0 Å². The van der Waals surface area contributed by atoms with E-state index in [0.717, 1.165) is 6.54 Å². The van der Waals surface area contributed by atoms with E-state index in [1.807, 2.05) is 30.7 Å². The molecule has 1 aliphatic rings. The van der Waals surface area contributed by atoms with Gasteiger partial charge in [0.1, 0.15) is 0 Å². The fraction of sp³-hybridized carbons (Fsp3) is 0.100. The molecule has 1 N–H and O–H groups in total. The van der Waals surface area contributed by atoms with Gasteiger partial charge < -0.3 is 5.32 Å². The molecule has 2 nitrogen and oxygen atoms in total. The molecule has 72 valence electrons. The lowest BCUT2D eigenvalue weighted by Crippen LogP contribution is -2.07. The van der Waals surface area contributed by atoms with Crippen molar-refractivity contribution in [1.29, 1.82) is 0 Å². The number of hydrogen-bond donors (Lipinski definition) is 1. The molecule has 0 fully saturated rings. The van der Waals surface area contributed by atoms with E-state index >= 15 is 0 Å². The van der Waals surface area contributed by atoms with Crippen LogP contribution >= 0.6 is 21.6 Å². The molecule has 2 heterocycles. The van der Waals surface area contributed by atoms with Crippen LogP contribution in [0.2, 0.25) is 0 Å². The van der Waals surface area contributed by atoms with Crippen molar-refractivity contribution in [3.05, 3.63) is 47.8 Å². The van der Waals surface area contributed by atoms with Crippen LogP contribution in [-0.4, -0.2) is 11.5 Å². The van der Waals surface area contributed by atoms with Crippen LogP contribution in [0, 0.1) is 0 Å². The van der Waals surface area contributed by atoms with E-state index in [-0.39, 0.29) is 0 Å². The SMILES string of the molecule is C1=CC(SSc2ccncc2)=CCN1. The molecule has 0 aromatic carbocycles. The molecular formula is C10H10N2S2. The van der Waals surface area contributed by atoms with Gasteiger partial charge in [0.15, 0.2) is 0 Å². The van der Waals surface area contributed by atoms with E-state index in [1.165, 1.54) is 9.80 Å². The van der Waals surface area contributed by atoms with Crippen molar-refractivity contribution < 1.29 is 0 Å². The molecular weight excluding hydrogens is 212 g/mol. The molecule has 14 heavy (non-hydrogen) atoms.